The van der Waals surface area contributed by atoms with Crippen LogP contribution in [0.3, 0.4) is 0 Å². The smallest absolute Gasteiger partial charge is 0.369 e. The summed E-state index contributed by atoms with van der Waals surface area (Å²) in [7, 11) is -4.05. The van der Waals surface area contributed by atoms with Gasteiger partial charge in [0, 0.05) is 11.4 Å². The van der Waals surface area contributed by atoms with Crippen LogP contribution < -0.4 is 5.14 Å². The summed E-state index contributed by atoms with van der Waals surface area (Å²) in [5.41, 5.74) is -0.868. The van der Waals surface area contributed by atoms with Crippen molar-refractivity contribution in [2.75, 3.05) is 12.9 Å². The van der Waals surface area contributed by atoms with E-state index in [1.807, 2.05) is 20.1 Å². The van der Waals surface area contributed by atoms with Crippen molar-refractivity contribution in [2.45, 2.75) is 67.9 Å². The van der Waals surface area contributed by atoms with E-state index in [1.54, 1.807) is 31.7 Å². The minimum Gasteiger partial charge on any atom is -0.369 e. The van der Waals surface area contributed by atoms with Gasteiger partial charge in [-0.1, -0.05) is 45.9 Å². The third kappa shape index (κ3) is 7.29. The van der Waals surface area contributed by atoms with Crippen LogP contribution in [0.4, 0.5) is 13.2 Å². The maximum absolute atomic E-state index is 13.5. The largest absolute Gasteiger partial charge is 0.414 e. The first kappa shape index (κ1) is 24.3. The molecule has 1 rings (SSSR count). The van der Waals surface area contributed by atoms with E-state index in [9.17, 15) is 21.6 Å². The molecule has 0 radical (unpaired) electrons. The number of benzene rings is 1. The summed E-state index contributed by atoms with van der Waals surface area (Å²) in [6.07, 6.45) is -4.61. The number of thioether (sulfide) groups is 1. The van der Waals surface area contributed by atoms with Gasteiger partial charge >= 0.3 is 6.18 Å². The fourth-order valence-corrected chi connectivity index (χ4v) is 3.87. The van der Waals surface area contributed by atoms with E-state index in [4.69, 9.17) is 9.88 Å². The number of primary sulfonamides is 1. The topological polar surface area (TPSA) is 69.4 Å². The predicted octanol–water partition coefficient (Wildman–Crippen LogP) is 4.48. The maximum atomic E-state index is 13.5. The zero-order valence-electron chi connectivity index (χ0n) is 16.3. The van der Waals surface area contributed by atoms with Crippen LogP contribution in [0.1, 0.15) is 46.1 Å². The second kappa shape index (κ2) is 8.71. The number of hydrogen-bond donors (Lipinski definition) is 1. The van der Waals surface area contributed by atoms with Gasteiger partial charge in [-0.25, -0.2) is 13.6 Å². The van der Waals surface area contributed by atoms with E-state index in [0.717, 1.165) is 0 Å². The summed E-state index contributed by atoms with van der Waals surface area (Å²) in [6, 6.07) is 5.86. The van der Waals surface area contributed by atoms with Crippen molar-refractivity contribution in [2.24, 2.45) is 5.14 Å². The average molecular weight is 428 g/mol. The molecule has 0 bridgehead atoms. The Morgan fingerprint density at radius 3 is 2.19 bits per heavy atom. The van der Waals surface area contributed by atoms with Crippen molar-refractivity contribution < 1.29 is 26.3 Å². The third-order valence-electron chi connectivity index (χ3n) is 4.56. The summed E-state index contributed by atoms with van der Waals surface area (Å²) in [5, 5.41) is 5.23. The van der Waals surface area contributed by atoms with Crippen LogP contribution in [-0.2, 0) is 20.2 Å². The fraction of sp³-hybridized carbons (Fsp3) is 0.667. The highest BCUT2D eigenvalue weighted by molar-refractivity contribution is 7.99. The molecule has 27 heavy (non-hydrogen) atoms. The van der Waals surface area contributed by atoms with Crippen LogP contribution in [0, 0.1) is 0 Å². The quantitative estimate of drug-likeness (QED) is 0.631. The molecule has 0 saturated carbocycles. The Labute approximate surface area is 164 Å². The monoisotopic (exact) mass is 427 g/mol. The molecule has 1 unspecified atom stereocenters. The molecule has 156 valence electrons. The molecule has 0 fully saturated rings. The first-order valence-corrected chi connectivity index (χ1v) is 11.2. The zero-order valence-corrected chi connectivity index (χ0v) is 17.9. The Morgan fingerprint density at radius 2 is 1.70 bits per heavy atom. The van der Waals surface area contributed by atoms with Gasteiger partial charge in [-0.05, 0) is 36.1 Å². The molecule has 0 heterocycles. The zero-order chi connectivity index (χ0) is 21.1. The van der Waals surface area contributed by atoms with E-state index in [1.165, 1.54) is 18.2 Å². The molecule has 1 aromatic rings. The summed E-state index contributed by atoms with van der Waals surface area (Å²) < 4.78 is 69.2. The van der Waals surface area contributed by atoms with Crippen LogP contribution >= 0.6 is 11.8 Å². The second-order valence-electron chi connectivity index (χ2n) is 7.74. The molecule has 0 amide bonds. The van der Waals surface area contributed by atoms with Crippen LogP contribution in [0.5, 0.6) is 0 Å². The number of ether oxygens (including phenoxy) is 1. The second-order valence-corrected chi connectivity index (χ2v) is 10.8. The first-order chi connectivity index (χ1) is 12.1. The number of nitrogens with two attached hydrogens (primary N) is 1. The Hall–Kier alpha value is -0.770. The van der Waals surface area contributed by atoms with Crippen molar-refractivity contribution >= 4 is 21.8 Å². The van der Waals surface area contributed by atoms with Gasteiger partial charge in [-0.3, -0.25) is 0 Å². The minimum absolute atomic E-state index is 0.0368. The number of halogens is 3. The normalized spacial score (nSPS) is 15.0. The molecule has 1 atom stereocenters. The SMILES string of the molecule is CSC(C)(C)CCOC(CC(C)(C)c1ccccc1S(N)(=O)=O)C(F)(F)F. The van der Waals surface area contributed by atoms with E-state index >= 15 is 0 Å². The molecule has 0 aliphatic heterocycles. The molecule has 1 aromatic carbocycles. The minimum atomic E-state index is -4.56. The number of hydrogen-bond acceptors (Lipinski definition) is 4. The van der Waals surface area contributed by atoms with Crippen molar-refractivity contribution in [3.05, 3.63) is 29.8 Å². The van der Waals surface area contributed by atoms with Crippen molar-refractivity contribution in [1.82, 2.24) is 0 Å². The number of rotatable bonds is 9. The molecule has 4 nitrogen and oxygen atoms in total. The predicted molar refractivity (Wildman–Crippen MR) is 103 cm³/mol. The lowest BCUT2D eigenvalue weighted by Gasteiger charge is -2.33. The molecule has 0 spiro atoms. The lowest BCUT2D eigenvalue weighted by Crippen LogP contribution is -2.39. The Bertz CT molecular complexity index is 732. The Kier molecular flexibility index (Phi) is 7.83. The number of alkyl halides is 3. The Balaban J connectivity index is 3.08. The van der Waals surface area contributed by atoms with E-state index in [0.29, 0.717) is 6.42 Å². The van der Waals surface area contributed by atoms with Crippen LogP contribution in [0.2, 0.25) is 0 Å². The van der Waals surface area contributed by atoms with Gasteiger partial charge in [0.1, 0.15) is 0 Å². The van der Waals surface area contributed by atoms with Crippen molar-refractivity contribution in [3.63, 3.8) is 0 Å². The number of sulfonamides is 1. The molecular weight excluding hydrogens is 399 g/mol. The summed E-state index contributed by atoms with van der Waals surface area (Å²) in [5.74, 6) is 0. The van der Waals surface area contributed by atoms with Crippen LogP contribution in [-0.4, -0.2) is 38.3 Å². The van der Waals surface area contributed by atoms with E-state index in [2.05, 4.69) is 0 Å². The summed E-state index contributed by atoms with van der Waals surface area (Å²) in [6.45, 7) is 6.96. The van der Waals surface area contributed by atoms with E-state index < -0.39 is 34.1 Å². The summed E-state index contributed by atoms with van der Waals surface area (Å²) in [4.78, 5) is -0.167. The molecule has 0 aliphatic rings. The molecule has 0 aromatic heterocycles. The lowest BCUT2D eigenvalue weighted by molar-refractivity contribution is -0.226. The van der Waals surface area contributed by atoms with Gasteiger partial charge in [0.05, 0.1) is 4.90 Å². The van der Waals surface area contributed by atoms with Crippen molar-refractivity contribution in [3.8, 4) is 0 Å². The molecule has 9 heteroatoms. The van der Waals surface area contributed by atoms with Gasteiger partial charge < -0.3 is 4.74 Å². The molecular formula is C18H28F3NO3S2. The maximum Gasteiger partial charge on any atom is 0.414 e. The van der Waals surface area contributed by atoms with Gasteiger partial charge in [-0.15, -0.1) is 0 Å². The first-order valence-electron chi connectivity index (χ1n) is 8.46. The van der Waals surface area contributed by atoms with Gasteiger partial charge in [0.15, 0.2) is 6.10 Å². The third-order valence-corrected chi connectivity index (χ3v) is 6.84. The van der Waals surface area contributed by atoms with Gasteiger partial charge in [0.2, 0.25) is 10.0 Å². The highest BCUT2D eigenvalue weighted by Crippen LogP contribution is 2.38. The van der Waals surface area contributed by atoms with Crippen molar-refractivity contribution in [1.29, 1.82) is 0 Å². The highest BCUT2D eigenvalue weighted by atomic mass is 32.2. The lowest BCUT2D eigenvalue weighted by atomic mass is 9.79. The molecule has 2 N–H and O–H groups in total. The van der Waals surface area contributed by atoms with Gasteiger partial charge in [0.25, 0.3) is 0 Å². The fourth-order valence-electron chi connectivity index (χ4n) is 2.67. The van der Waals surface area contributed by atoms with Crippen LogP contribution in [0.25, 0.3) is 0 Å². The average Bonchev–Trinajstić information content (AvgIpc) is 2.52. The van der Waals surface area contributed by atoms with E-state index in [-0.39, 0.29) is 21.8 Å². The highest BCUT2D eigenvalue weighted by Gasteiger charge is 2.45. The van der Waals surface area contributed by atoms with Gasteiger partial charge in [-0.2, -0.15) is 24.9 Å². The van der Waals surface area contributed by atoms with Crippen LogP contribution in [0.15, 0.2) is 29.2 Å². The Morgan fingerprint density at radius 1 is 1.15 bits per heavy atom. The molecule has 0 saturated heterocycles. The standard InChI is InChI=1S/C18H28F3NO3S2/c1-16(2,13-8-6-7-9-14(13)27(22,23)24)12-15(18(19,20)21)25-11-10-17(3,4)26-5/h6-9,15H,10-12H2,1-5H3,(H2,22,23,24). The summed E-state index contributed by atoms with van der Waals surface area (Å²) >= 11 is 1.56. The molecule has 0 aliphatic carbocycles.